The molecule has 0 bridgehead atoms. The molecule has 1 aliphatic heterocycles. The summed E-state index contributed by atoms with van der Waals surface area (Å²) in [5.74, 6) is -1.05. The highest BCUT2D eigenvalue weighted by Crippen LogP contribution is 2.20. The average molecular weight is 274 g/mol. The second-order valence-electron chi connectivity index (χ2n) is 4.94. The maximum Gasteiger partial charge on any atom is 0.332 e. The number of aliphatic hydroxyl groups is 2. The minimum atomic E-state index is -1.44. The lowest BCUT2D eigenvalue weighted by Crippen LogP contribution is -2.46. The Hall–Kier alpha value is -1.34. The maximum atomic E-state index is 11.7. The number of nitrogens with zero attached hydrogens (tertiary/aromatic N) is 1. The molecular formula is C12H22N2O5. The van der Waals surface area contributed by atoms with Crippen molar-refractivity contribution in [2.24, 2.45) is 5.92 Å². The summed E-state index contributed by atoms with van der Waals surface area (Å²) in [4.78, 5) is 23.8. The first-order chi connectivity index (χ1) is 8.91. The summed E-state index contributed by atoms with van der Waals surface area (Å²) < 4.78 is 0. The van der Waals surface area contributed by atoms with E-state index in [-0.39, 0.29) is 31.0 Å². The molecule has 2 amide bonds. The van der Waals surface area contributed by atoms with E-state index >= 15 is 0 Å². The van der Waals surface area contributed by atoms with Gasteiger partial charge in [-0.15, -0.1) is 0 Å². The Bertz CT molecular complexity index is 313. The fraction of sp³-hybridized carbons (Fsp3) is 0.833. The van der Waals surface area contributed by atoms with E-state index in [1.54, 1.807) is 11.8 Å². The molecule has 2 unspecified atom stereocenters. The number of carboxylic acids is 1. The molecule has 0 radical (unpaired) electrons. The molecule has 0 spiro atoms. The molecule has 0 aromatic rings. The number of amides is 2. The number of carboxylic acid groups (broad SMARTS) is 1. The van der Waals surface area contributed by atoms with Crippen molar-refractivity contribution in [3.05, 3.63) is 0 Å². The third-order valence-corrected chi connectivity index (χ3v) is 3.49. The number of hydrogen-bond donors (Lipinski definition) is 4. The molecule has 2 atom stereocenters. The maximum absolute atomic E-state index is 11.7. The highest BCUT2D eigenvalue weighted by molar-refractivity contribution is 5.74. The van der Waals surface area contributed by atoms with Crippen molar-refractivity contribution in [3.63, 3.8) is 0 Å². The molecule has 0 saturated carbocycles. The van der Waals surface area contributed by atoms with Crippen molar-refractivity contribution in [1.82, 2.24) is 10.2 Å². The van der Waals surface area contributed by atoms with Crippen LogP contribution in [0.1, 0.15) is 26.2 Å². The molecule has 1 heterocycles. The van der Waals surface area contributed by atoms with Crippen LogP contribution < -0.4 is 5.32 Å². The van der Waals surface area contributed by atoms with Crippen molar-refractivity contribution in [2.45, 2.75) is 38.4 Å². The second kappa shape index (κ2) is 7.30. The van der Waals surface area contributed by atoms with Crippen LogP contribution in [-0.4, -0.2) is 64.1 Å². The van der Waals surface area contributed by atoms with Crippen LogP contribution in [0.5, 0.6) is 0 Å². The molecule has 19 heavy (non-hydrogen) atoms. The largest absolute Gasteiger partial charge is 0.479 e. The van der Waals surface area contributed by atoms with E-state index in [0.29, 0.717) is 13.1 Å². The minimum Gasteiger partial charge on any atom is -0.479 e. The van der Waals surface area contributed by atoms with Gasteiger partial charge in [-0.3, -0.25) is 0 Å². The molecular weight excluding hydrogens is 252 g/mol. The number of carbonyl (C=O) groups is 2. The zero-order valence-electron chi connectivity index (χ0n) is 11.1. The number of hydrogen-bond acceptors (Lipinski definition) is 4. The van der Waals surface area contributed by atoms with Gasteiger partial charge in [-0.1, -0.05) is 0 Å². The molecule has 7 nitrogen and oxygen atoms in total. The summed E-state index contributed by atoms with van der Waals surface area (Å²) in [7, 11) is 0. The van der Waals surface area contributed by atoms with E-state index < -0.39 is 12.1 Å². The number of aliphatic hydroxyl groups excluding tert-OH is 2. The van der Waals surface area contributed by atoms with Crippen LogP contribution in [-0.2, 0) is 4.79 Å². The van der Waals surface area contributed by atoms with E-state index in [2.05, 4.69) is 5.32 Å². The number of aliphatic carboxylic acids is 1. The number of carbonyl (C=O) groups excluding carboxylic acids is 1. The Morgan fingerprint density at radius 1 is 1.32 bits per heavy atom. The van der Waals surface area contributed by atoms with Gasteiger partial charge in [0.25, 0.3) is 0 Å². The Morgan fingerprint density at radius 2 is 1.89 bits per heavy atom. The molecule has 0 aliphatic carbocycles. The smallest absolute Gasteiger partial charge is 0.332 e. The summed E-state index contributed by atoms with van der Waals surface area (Å²) >= 11 is 0. The van der Waals surface area contributed by atoms with Crippen molar-refractivity contribution in [1.29, 1.82) is 0 Å². The van der Waals surface area contributed by atoms with Crippen LogP contribution in [0.3, 0.4) is 0 Å². The van der Waals surface area contributed by atoms with Crippen molar-refractivity contribution < 1.29 is 24.9 Å². The van der Waals surface area contributed by atoms with Gasteiger partial charge in [-0.05, 0) is 25.7 Å². The average Bonchev–Trinajstić information content (AvgIpc) is 2.38. The molecule has 1 fully saturated rings. The van der Waals surface area contributed by atoms with Crippen LogP contribution in [0, 0.1) is 5.92 Å². The lowest BCUT2D eigenvalue weighted by atomic mass is 9.92. The molecule has 1 aliphatic rings. The van der Waals surface area contributed by atoms with Crippen LogP contribution in [0.2, 0.25) is 0 Å². The Labute approximate surface area is 112 Å². The van der Waals surface area contributed by atoms with Crippen molar-refractivity contribution in [3.8, 4) is 0 Å². The first kappa shape index (κ1) is 15.7. The molecule has 0 aromatic heterocycles. The standard InChI is InChI=1S/C12H22N2O5/c1-8(15)9-3-6-14(7-4-9)12(19)13-5-2-10(16)11(17)18/h8-10,15-16H,2-7H2,1H3,(H,13,19)(H,17,18). The quantitative estimate of drug-likeness (QED) is 0.546. The Balaban J connectivity index is 2.23. The second-order valence-corrected chi connectivity index (χ2v) is 4.94. The highest BCUT2D eigenvalue weighted by atomic mass is 16.4. The summed E-state index contributed by atoms with van der Waals surface area (Å²) in [5.41, 5.74) is 0. The normalized spacial score (nSPS) is 19.8. The molecule has 110 valence electrons. The van der Waals surface area contributed by atoms with Crippen LogP contribution in [0.25, 0.3) is 0 Å². The third kappa shape index (κ3) is 5.04. The van der Waals surface area contributed by atoms with E-state index in [1.165, 1.54) is 0 Å². The van der Waals surface area contributed by atoms with Gasteiger partial charge >= 0.3 is 12.0 Å². The van der Waals surface area contributed by atoms with Gasteiger partial charge < -0.3 is 25.5 Å². The van der Waals surface area contributed by atoms with E-state index in [4.69, 9.17) is 10.2 Å². The van der Waals surface area contributed by atoms with Crippen LogP contribution in [0.15, 0.2) is 0 Å². The monoisotopic (exact) mass is 274 g/mol. The summed E-state index contributed by atoms with van der Waals surface area (Å²) in [6.45, 7) is 3.06. The fourth-order valence-electron chi connectivity index (χ4n) is 2.14. The van der Waals surface area contributed by atoms with E-state index in [1.807, 2.05) is 0 Å². The fourth-order valence-corrected chi connectivity index (χ4v) is 2.14. The van der Waals surface area contributed by atoms with Crippen molar-refractivity contribution >= 4 is 12.0 Å². The number of nitrogens with one attached hydrogen (secondary N) is 1. The van der Waals surface area contributed by atoms with Gasteiger partial charge in [0.05, 0.1) is 6.10 Å². The van der Waals surface area contributed by atoms with Gasteiger partial charge in [0.2, 0.25) is 0 Å². The van der Waals surface area contributed by atoms with E-state index in [0.717, 1.165) is 12.8 Å². The Kier molecular flexibility index (Phi) is 6.04. The lowest BCUT2D eigenvalue weighted by Gasteiger charge is -2.33. The molecule has 7 heteroatoms. The zero-order valence-corrected chi connectivity index (χ0v) is 11.1. The van der Waals surface area contributed by atoms with Gasteiger partial charge in [0, 0.05) is 26.1 Å². The first-order valence-corrected chi connectivity index (χ1v) is 6.53. The third-order valence-electron chi connectivity index (χ3n) is 3.49. The number of urea groups is 1. The predicted octanol–water partition coefficient (Wildman–Crippen LogP) is -0.376. The van der Waals surface area contributed by atoms with Gasteiger partial charge in [-0.25, -0.2) is 9.59 Å². The van der Waals surface area contributed by atoms with Crippen LogP contribution in [0.4, 0.5) is 4.79 Å². The van der Waals surface area contributed by atoms with Crippen LogP contribution >= 0.6 is 0 Å². The lowest BCUT2D eigenvalue weighted by molar-refractivity contribution is -0.146. The molecule has 0 aromatic carbocycles. The molecule has 1 saturated heterocycles. The first-order valence-electron chi connectivity index (χ1n) is 6.53. The number of piperidine rings is 1. The SMILES string of the molecule is CC(O)C1CCN(C(=O)NCCC(O)C(=O)O)CC1. The number of likely N-dealkylation sites (tertiary alicyclic amines) is 1. The van der Waals surface area contributed by atoms with E-state index in [9.17, 15) is 14.7 Å². The number of rotatable bonds is 5. The van der Waals surface area contributed by atoms with Crippen molar-refractivity contribution in [2.75, 3.05) is 19.6 Å². The summed E-state index contributed by atoms with van der Waals surface area (Å²) in [6, 6.07) is -0.248. The molecule has 4 N–H and O–H groups in total. The predicted molar refractivity (Wildman–Crippen MR) is 67.6 cm³/mol. The summed E-state index contributed by atoms with van der Waals surface area (Å²) in [6.07, 6.45) is -0.270. The highest BCUT2D eigenvalue weighted by Gasteiger charge is 2.25. The Morgan fingerprint density at radius 3 is 2.37 bits per heavy atom. The molecule has 1 rings (SSSR count). The zero-order chi connectivity index (χ0) is 14.4. The van der Waals surface area contributed by atoms with Gasteiger partial charge in [0.1, 0.15) is 0 Å². The topological polar surface area (TPSA) is 110 Å². The van der Waals surface area contributed by atoms with Gasteiger partial charge in [0.15, 0.2) is 6.10 Å². The minimum absolute atomic E-state index is 0.00872. The summed E-state index contributed by atoms with van der Waals surface area (Å²) in [5, 5.41) is 29.6. The van der Waals surface area contributed by atoms with Gasteiger partial charge in [-0.2, -0.15) is 0 Å².